The molecule has 0 unspecified atom stereocenters. The molecule has 142 valence electrons. The number of nitrogens with zero attached hydrogens (tertiary/aromatic N) is 5. The summed E-state index contributed by atoms with van der Waals surface area (Å²) in [5.74, 6) is 0.768. The van der Waals surface area contributed by atoms with E-state index in [-0.39, 0.29) is 0 Å². The van der Waals surface area contributed by atoms with E-state index in [1.54, 1.807) is 6.20 Å². The Labute approximate surface area is 173 Å². The smallest absolute Gasteiger partial charge is 0.170 e. The number of pyridine rings is 2. The molecule has 29 heavy (non-hydrogen) atoms. The lowest BCUT2D eigenvalue weighted by atomic mass is 10.1. The molecule has 0 amide bonds. The highest BCUT2D eigenvalue weighted by Gasteiger charge is 2.17. The van der Waals surface area contributed by atoms with Gasteiger partial charge < -0.3 is 4.90 Å². The summed E-state index contributed by atoms with van der Waals surface area (Å²) >= 11 is 6.08. The standard InChI is InChI=1S/C23H18ClN5/c1-28(2)19-11-7-16(8-12-19)22-26-27-23-20(15-5-9-18(24)10-6-15)14-17-4-3-13-25-21(17)29(22)23/h3-14H,1-2H3. The summed E-state index contributed by atoms with van der Waals surface area (Å²) < 4.78 is 2.03. The van der Waals surface area contributed by atoms with Crippen LogP contribution in [0.3, 0.4) is 0 Å². The molecule has 3 heterocycles. The predicted molar refractivity (Wildman–Crippen MR) is 118 cm³/mol. The Kier molecular flexibility index (Phi) is 4.18. The predicted octanol–water partition coefficient (Wildman–Crippen LogP) is 5.33. The zero-order chi connectivity index (χ0) is 20.0. The van der Waals surface area contributed by atoms with Gasteiger partial charge in [-0.1, -0.05) is 23.7 Å². The van der Waals surface area contributed by atoms with Crippen molar-refractivity contribution in [1.29, 1.82) is 0 Å². The van der Waals surface area contributed by atoms with E-state index in [0.717, 1.165) is 44.9 Å². The van der Waals surface area contributed by atoms with E-state index in [1.807, 2.05) is 48.8 Å². The third kappa shape index (κ3) is 3.00. The minimum Gasteiger partial charge on any atom is -0.378 e. The maximum absolute atomic E-state index is 6.08. The van der Waals surface area contributed by atoms with Gasteiger partial charge in [0.25, 0.3) is 0 Å². The molecular formula is C23H18ClN5. The second-order valence-electron chi connectivity index (χ2n) is 7.11. The van der Waals surface area contributed by atoms with Crippen molar-refractivity contribution >= 4 is 34.0 Å². The van der Waals surface area contributed by atoms with Crippen molar-refractivity contribution in [1.82, 2.24) is 19.6 Å². The van der Waals surface area contributed by atoms with Crippen LogP contribution in [0.25, 0.3) is 39.2 Å². The van der Waals surface area contributed by atoms with E-state index >= 15 is 0 Å². The minimum absolute atomic E-state index is 0.704. The number of benzene rings is 2. The number of hydrogen-bond acceptors (Lipinski definition) is 4. The number of halogens is 1. The summed E-state index contributed by atoms with van der Waals surface area (Å²) in [5.41, 5.74) is 5.75. The Hall–Kier alpha value is -3.44. The molecule has 0 bridgehead atoms. The first-order valence-electron chi connectivity index (χ1n) is 9.28. The average Bonchev–Trinajstić information content (AvgIpc) is 3.19. The fourth-order valence-electron chi connectivity index (χ4n) is 3.53. The van der Waals surface area contributed by atoms with Gasteiger partial charge in [0, 0.05) is 47.5 Å². The Morgan fingerprint density at radius 2 is 1.55 bits per heavy atom. The minimum atomic E-state index is 0.704. The lowest BCUT2D eigenvalue weighted by molar-refractivity contribution is 1.11. The molecule has 0 spiro atoms. The molecule has 0 aliphatic heterocycles. The van der Waals surface area contributed by atoms with Crippen LogP contribution >= 0.6 is 11.6 Å². The number of hydrogen-bond donors (Lipinski definition) is 0. The van der Waals surface area contributed by atoms with Crippen LogP contribution in [0.2, 0.25) is 5.02 Å². The van der Waals surface area contributed by atoms with Gasteiger partial charge in [-0.25, -0.2) is 4.98 Å². The first-order chi connectivity index (χ1) is 14.1. The Morgan fingerprint density at radius 3 is 2.28 bits per heavy atom. The number of aromatic nitrogens is 4. The SMILES string of the molecule is CN(C)c1ccc(-c2nnc3c(-c4ccc(Cl)cc4)cc4cccnc4n23)cc1. The van der Waals surface area contributed by atoms with E-state index in [0.29, 0.717) is 5.02 Å². The van der Waals surface area contributed by atoms with Gasteiger partial charge in [-0.15, -0.1) is 10.2 Å². The number of rotatable bonds is 3. The van der Waals surface area contributed by atoms with E-state index in [2.05, 4.69) is 56.5 Å². The van der Waals surface area contributed by atoms with Gasteiger partial charge in [0.1, 0.15) is 5.65 Å². The number of anilines is 1. The maximum atomic E-state index is 6.08. The van der Waals surface area contributed by atoms with Crippen molar-refractivity contribution in [3.05, 3.63) is 77.9 Å². The maximum Gasteiger partial charge on any atom is 0.170 e. The average molecular weight is 400 g/mol. The van der Waals surface area contributed by atoms with Crippen molar-refractivity contribution in [3.63, 3.8) is 0 Å². The Morgan fingerprint density at radius 1 is 0.828 bits per heavy atom. The molecule has 2 aromatic carbocycles. The van der Waals surface area contributed by atoms with Crippen molar-refractivity contribution in [2.24, 2.45) is 0 Å². The lowest BCUT2D eigenvalue weighted by Crippen LogP contribution is -2.08. The van der Waals surface area contributed by atoms with Gasteiger partial charge in [0.15, 0.2) is 11.5 Å². The second kappa shape index (κ2) is 6.87. The van der Waals surface area contributed by atoms with Crippen LogP contribution in [0.5, 0.6) is 0 Å². The van der Waals surface area contributed by atoms with Crippen LogP contribution in [0, 0.1) is 0 Å². The van der Waals surface area contributed by atoms with Crippen LogP contribution in [0.15, 0.2) is 72.9 Å². The first-order valence-corrected chi connectivity index (χ1v) is 9.66. The van der Waals surface area contributed by atoms with Gasteiger partial charge in [-0.2, -0.15) is 0 Å². The molecule has 6 heteroatoms. The van der Waals surface area contributed by atoms with Gasteiger partial charge in [-0.3, -0.25) is 4.40 Å². The molecule has 0 saturated carbocycles. The molecule has 0 N–H and O–H groups in total. The van der Waals surface area contributed by atoms with Crippen LogP contribution in [-0.2, 0) is 0 Å². The summed E-state index contributed by atoms with van der Waals surface area (Å²) in [4.78, 5) is 6.69. The fraction of sp³-hybridized carbons (Fsp3) is 0.0870. The van der Waals surface area contributed by atoms with E-state index in [4.69, 9.17) is 11.6 Å². The molecule has 0 aliphatic rings. The first kappa shape index (κ1) is 17.6. The molecule has 5 rings (SSSR count). The largest absolute Gasteiger partial charge is 0.378 e. The van der Waals surface area contributed by atoms with Crippen molar-refractivity contribution in [3.8, 4) is 22.5 Å². The summed E-state index contributed by atoms with van der Waals surface area (Å²) in [5, 5.41) is 10.8. The molecule has 0 radical (unpaired) electrons. The quantitative estimate of drug-likeness (QED) is 0.411. The van der Waals surface area contributed by atoms with Crippen LogP contribution in [0.4, 0.5) is 5.69 Å². The van der Waals surface area contributed by atoms with E-state index < -0.39 is 0 Å². The number of fused-ring (bicyclic) bond motifs is 3. The third-order valence-electron chi connectivity index (χ3n) is 5.03. The molecule has 5 nitrogen and oxygen atoms in total. The molecule has 0 fully saturated rings. The molecule has 0 atom stereocenters. The van der Waals surface area contributed by atoms with E-state index in [9.17, 15) is 0 Å². The van der Waals surface area contributed by atoms with Crippen LogP contribution in [-0.4, -0.2) is 33.7 Å². The Balaban J connectivity index is 1.80. The van der Waals surface area contributed by atoms with E-state index in [1.165, 1.54) is 0 Å². The fourth-order valence-corrected chi connectivity index (χ4v) is 3.65. The lowest BCUT2D eigenvalue weighted by Gasteiger charge is -2.13. The highest BCUT2D eigenvalue weighted by atomic mass is 35.5. The summed E-state index contributed by atoms with van der Waals surface area (Å²) in [6.07, 6.45) is 1.79. The monoisotopic (exact) mass is 399 g/mol. The zero-order valence-corrected chi connectivity index (χ0v) is 16.8. The van der Waals surface area contributed by atoms with Gasteiger partial charge in [-0.05, 0) is 60.2 Å². The normalized spacial score (nSPS) is 11.3. The van der Waals surface area contributed by atoms with Gasteiger partial charge in [0.2, 0.25) is 0 Å². The molecule has 0 saturated heterocycles. The van der Waals surface area contributed by atoms with Gasteiger partial charge in [0.05, 0.1) is 0 Å². The molecule has 5 aromatic rings. The second-order valence-corrected chi connectivity index (χ2v) is 7.54. The van der Waals surface area contributed by atoms with Crippen molar-refractivity contribution in [2.75, 3.05) is 19.0 Å². The van der Waals surface area contributed by atoms with Crippen molar-refractivity contribution in [2.45, 2.75) is 0 Å². The Bertz CT molecular complexity index is 1320. The van der Waals surface area contributed by atoms with Crippen LogP contribution < -0.4 is 4.90 Å². The highest BCUT2D eigenvalue weighted by molar-refractivity contribution is 6.30. The summed E-state index contributed by atoms with van der Waals surface area (Å²) in [6.45, 7) is 0. The molecule has 0 aliphatic carbocycles. The van der Waals surface area contributed by atoms with Crippen molar-refractivity contribution < 1.29 is 0 Å². The summed E-state index contributed by atoms with van der Waals surface area (Å²) in [6, 6.07) is 22.2. The van der Waals surface area contributed by atoms with Gasteiger partial charge >= 0.3 is 0 Å². The summed E-state index contributed by atoms with van der Waals surface area (Å²) in [7, 11) is 4.05. The molecular weight excluding hydrogens is 382 g/mol. The zero-order valence-electron chi connectivity index (χ0n) is 16.0. The third-order valence-corrected chi connectivity index (χ3v) is 5.28. The highest BCUT2D eigenvalue weighted by Crippen LogP contribution is 2.32. The molecule has 3 aromatic heterocycles. The van der Waals surface area contributed by atoms with Crippen LogP contribution in [0.1, 0.15) is 0 Å². The topological polar surface area (TPSA) is 46.3 Å².